The van der Waals surface area contributed by atoms with Crippen LogP contribution >= 0.6 is 23.2 Å². The summed E-state index contributed by atoms with van der Waals surface area (Å²) in [6, 6.07) is 11.5. The molecular weight excluding hydrogens is 572 g/mol. The third-order valence-corrected chi connectivity index (χ3v) is 7.50. The lowest BCUT2D eigenvalue weighted by Crippen LogP contribution is -2.23. The van der Waals surface area contributed by atoms with E-state index in [9.17, 15) is 23.1 Å². The van der Waals surface area contributed by atoms with Gasteiger partial charge in [-0.15, -0.1) is 0 Å². The lowest BCUT2D eigenvalue weighted by molar-refractivity contribution is -0.151. The summed E-state index contributed by atoms with van der Waals surface area (Å²) in [6.45, 7) is -0.0995. The Morgan fingerprint density at radius 2 is 1.82 bits per heavy atom. The molecule has 1 aliphatic heterocycles. The maximum absolute atomic E-state index is 14.2. The molecule has 3 heterocycles. The van der Waals surface area contributed by atoms with Crippen molar-refractivity contribution in [2.24, 2.45) is 0 Å². The largest absolute Gasteiger partial charge is 0.478 e. The Hall–Kier alpha value is -3.76. The van der Waals surface area contributed by atoms with E-state index in [0.29, 0.717) is 32.6 Å². The minimum Gasteiger partial charge on any atom is -0.478 e. The normalized spacial score (nSPS) is 16.5. The number of hydrogen-bond acceptors (Lipinski definition) is 6. The third kappa shape index (κ3) is 4.97. The van der Waals surface area contributed by atoms with Gasteiger partial charge in [-0.3, -0.25) is 0 Å². The average molecular weight is 591 g/mol. The monoisotopic (exact) mass is 590 g/mol. The number of aromatic carboxylic acids is 1. The number of carboxylic acid groups (broad SMARTS) is 1. The van der Waals surface area contributed by atoms with Crippen LogP contribution < -0.4 is 9.47 Å². The first kappa shape index (κ1) is 26.5. The molecule has 0 bridgehead atoms. The van der Waals surface area contributed by atoms with Crippen LogP contribution in [0.15, 0.2) is 53.1 Å². The lowest BCUT2D eigenvalue weighted by Gasteiger charge is -2.19. The highest BCUT2D eigenvalue weighted by Gasteiger charge is 2.45. The summed E-state index contributed by atoms with van der Waals surface area (Å²) < 4.78 is 60.0. The van der Waals surface area contributed by atoms with Crippen molar-refractivity contribution in [1.82, 2.24) is 10.1 Å². The molecule has 7 nitrogen and oxygen atoms in total. The highest BCUT2D eigenvalue weighted by Crippen LogP contribution is 2.48. The zero-order valence-corrected chi connectivity index (χ0v) is 22.0. The molecule has 206 valence electrons. The van der Waals surface area contributed by atoms with Crippen LogP contribution in [0, 0.1) is 0 Å². The molecule has 1 N–H and O–H groups in total. The van der Waals surface area contributed by atoms with Gasteiger partial charge in [0.1, 0.15) is 35.5 Å². The summed E-state index contributed by atoms with van der Waals surface area (Å²) in [7, 11) is 0. The number of carbonyl (C=O) groups is 1. The fourth-order valence-corrected chi connectivity index (χ4v) is 5.29. The first-order valence-corrected chi connectivity index (χ1v) is 13.0. The average Bonchev–Trinajstić information content (AvgIpc) is 3.69. The molecule has 0 spiro atoms. The second-order valence-corrected chi connectivity index (χ2v) is 10.4. The molecule has 1 fully saturated rings. The Kier molecular flexibility index (Phi) is 6.62. The Labute approximate surface area is 235 Å². The van der Waals surface area contributed by atoms with Crippen molar-refractivity contribution in [2.75, 3.05) is 0 Å². The molecule has 1 saturated carbocycles. The van der Waals surface area contributed by atoms with E-state index in [1.54, 1.807) is 18.2 Å². The summed E-state index contributed by atoms with van der Waals surface area (Å²) in [6.07, 6.45) is -3.32. The maximum atomic E-state index is 14.2. The summed E-state index contributed by atoms with van der Waals surface area (Å²) >= 11 is 12.8. The molecule has 2 aromatic carbocycles. The van der Waals surface area contributed by atoms with Crippen molar-refractivity contribution < 1.29 is 37.1 Å². The van der Waals surface area contributed by atoms with Gasteiger partial charge in [0.25, 0.3) is 0 Å². The van der Waals surface area contributed by atoms with Crippen molar-refractivity contribution in [3.8, 4) is 28.6 Å². The number of pyridine rings is 1. The number of ether oxygens (including phenoxy) is 2. The van der Waals surface area contributed by atoms with Crippen LogP contribution in [0.25, 0.3) is 11.3 Å². The van der Waals surface area contributed by atoms with Gasteiger partial charge < -0.3 is 19.1 Å². The van der Waals surface area contributed by atoms with Gasteiger partial charge in [-0.05, 0) is 55.2 Å². The Morgan fingerprint density at radius 3 is 2.50 bits per heavy atom. The number of fused-ring (bicyclic) bond motifs is 2. The molecule has 2 aliphatic rings. The summed E-state index contributed by atoms with van der Waals surface area (Å²) in [5, 5.41) is 14.2. The second-order valence-electron chi connectivity index (χ2n) is 9.59. The van der Waals surface area contributed by atoms with Crippen molar-refractivity contribution in [3.05, 3.63) is 86.7 Å². The van der Waals surface area contributed by atoms with Gasteiger partial charge in [0.05, 0.1) is 26.9 Å². The van der Waals surface area contributed by atoms with E-state index in [0.717, 1.165) is 12.8 Å². The summed E-state index contributed by atoms with van der Waals surface area (Å²) in [4.78, 5) is 15.6. The minimum absolute atomic E-state index is 0.0307. The van der Waals surface area contributed by atoms with Crippen LogP contribution in [-0.2, 0) is 13.0 Å². The predicted octanol–water partition coefficient (Wildman–Crippen LogP) is 8.19. The number of alkyl halides is 3. The van der Waals surface area contributed by atoms with Crippen LogP contribution in [0.5, 0.6) is 17.4 Å². The highest BCUT2D eigenvalue weighted by atomic mass is 35.5. The van der Waals surface area contributed by atoms with E-state index in [1.165, 1.54) is 30.3 Å². The standard InChI is InChI=1S/C28H19Cl2F3N2O5/c29-18-2-1-3-19(30)23(18)24-16(26(40-35-24)13-4-5-13)12-38-22-9-8-20-25(34-22)17(28(31,32)33)10-14-6-7-15(27(36)37)11-21(14)39-20/h1-3,6-9,11,13,17H,4-5,10,12H2,(H,36,37)/t17-/m0/s1. The molecule has 1 aliphatic carbocycles. The Morgan fingerprint density at radius 1 is 1.07 bits per heavy atom. The van der Waals surface area contributed by atoms with Gasteiger partial charge in [-0.1, -0.05) is 40.5 Å². The van der Waals surface area contributed by atoms with E-state index < -0.39 is 24.5 Å². The van der Waals surface area contributed by atoms with Crippen LogP contribution in [0.4, 0.5) is 13.2 Å². The van der Waals surface area contributed by atoms with Crippen LogP contribution in [-0.4, -0.2) is 27.4 Å². The van der Waals surface area contributed by atoms with Gasteiger partial charge in [-0.25, -0.2) is 9.78 Å². The Bertz CT molecular complexity index is 1610. The molecule has 2 aromatic heterocycles. The summed E-state index contributed by atoms with van der Waals surface area (Å²) in [5.74, 6) is -2.63. The van der Waals surface area contributed by atoms with Crippen molar-refractivity contribution in [3.63, 3.8) is 0 Å². The fraction of sp³-hybridized carbons (Fsp3) is 0.250. The second kappa shape index (κ2) is 10.0. The van der Waals surface area contributed by atoms with Gasteiger partial charge in [0.2, 0.25) is 5.88 Å². The molecule has 6 rings (SSSR count). The van der Waals surface area contributed by atoms with Crippen LogP contribution in [0.3, 0.4) is 0 Å². The van der Waals surface area contributed by atoms with Gasteiger partial charge in [-0.2, -0.15) is 13.2 Å². The topological polar surface area (TPSA) is 94.7 Å². The summed E-state index contributed by atoms with van der Waals surface area (Å²) in [5.41, 5.74) is 1.21. The molecule has 4 aromatic rings. The smallest absolute Gasteiger partial charge is 0.397 e. The number of rotatable bonds is 6. The zero-order chi connectivity index (χ0) is 28.2. The number of halogens is 5. The van der Waals surface area contributed by atoms with E-state index in [-0.39, 0.29) is 46.7 Å². The van der Waals surface area contributed by atoms with E-state index in [1.807, 2.05) is 0 Å². The van der Waals surface area contributed by atoms with Crippen molar-refractivity contribution in [2.45, 2.75) is 43.9 Å². The fourth-order valence-electron chi connectivity index (χ4n) is 4.71. The lowest BCUT2D eigenvalue weighted by atomic mass is 9.94. The number of aromatic nitrogens is 2. The van der Waals surface area contributed by atoms with Crippen LogP contribution in [0.1, 0.15) is 57.6 Å². The molecule has 12 heteroatoms. The Balaban J connectivity index is 1.35. The number of nitrogens with zero attached hydrogens (tertiary/aromatic N) is 2. The number of benzene rings is 2. The number of hydrogen-bond donors (Lipinski definition) is 1. The minimum atomic E-state index is -4.65. The van der Waals surface area contributed by atoms with E-state index in [2.05, 4.69) is 10.1 Å². The van der Waals surface area contributed by atoms with E-state index in [4.69, 9.17) is 37.2 Å². The zero-order valence-electron chi connectivity index (χ0n) is 20.5. The third-order valence-electron chi connectivity index (χ3n) is 6.87. The molecular formula is C28H19Cl2F3N2O5. The van der Waals surface area contributed by atoms with Crippen molar-refractivity contribution >= 4 is 29.2 Å². The first-order chi connectivity index (χ1) is 19.1. The number of carboxylic acids is 1. The van der Waals surface area contributed by atoms with E-state index >= 15 is 0 Å². The van der Waals surface area contributed by atoms with Gasteiger partial charge >= 0.3 is 12.1 Å². The quantitative estimate of drug-likeness (QED) is 0.242. The molecule has 0 saturated heterocycles. The van der Waals surface area contributed by atoms with Gasteiger partial charge in [0.15, 0.2) is 0 Å². The SMILES string of the molecule is O=C(O)c1ccc2c(c1)Oc1ccc(OCc3c(-c4c(Cl)cccc4Cl)noc3C3CC3)nc1[C@@H](C(F)(F)F)C2. The molecule has 40 heavy (non-hydrogen) atoms. The van der Waals surface area contributed by atoms with Crippen molar-refractivity contribution in [1.29, 1.82) is 0 Å². The molecule has 0 amide bonds. The van der Waals surface area contributed by atoms with Gasteiger partial charge in [0, 0.05) is 17.5 Å². The molecule has 0 radical (unpaired) electrons. The maximum Gasteiger partial charge on any atom is 0.397 e. The predicted molar refractivity (Wildman–Crippen MR) is 138 cm³/mol. The highest BCUT2D eigenvalue weighted by molar-refractivity contribution is 6.39. The molecule has 1 atom stereocenters. The molecule has 0 unspecified atom stereocenters. The first-order valence-electron chi connectivity index (χ1n) is 12.3. The van der Waals surface area contributed by atoms with Crippen LogP contribution in [0.2, 0.25) is 10.0 Å².